The fourth-order valence-corrected chi connectivity index (χ4v) is 5.56. The maximum atomic E-state index is 10.3. The zero-order valence-corrected chi connectivity index (χ0v) is 19.0. The molecule has 0 spiro atoms. The standard InChI is InChI=1S/C20H25ClN4O2S2/c1-11-17(25-19(22-11)28-18(23-25)20(2,3)27)12-4-9-15(21)16(10-12)29-24-13-5-7-14(26)8-6-13/h4,9-10,13-14,24,26-27H,5-8H2,1-3H3/t13-,14+. The Labute approximate surface area is 183 Å². The van der Waals surface area contributed by atoms with Crippen molar-refractivity contribution in [1.29, 1.82) is 0 Å². The lowest BCUT2D eigenvalue weighted by atomic mass is 9.94. The Morgan fingerprint density at radius 2 is 2.00 bits per heavy atom. The van der Waals surface area contributed by atoms with E-state index in [1.807, 2.05) is 19.1 Å². The third-order valence-corrected chi connectivity index (χ3v) is 7.81. The Balaban J connectivity index is 1.61. The number of hydrogen-bond donors (Lipinski definition) is 3. The van der Waals surface area contributed by atoms with E-state index in [1.165, 1.54) is 23.3 Å². The largest absolute Gasteiger partial charge is 0.393 e. The van der Waals surface area contributed by atoms with Gasteiger partial charge in [0.2, 0.25) is 4.96 Å². The van der Waals surface area contributed by atoms with Crippen LogP contribution >= 0.6 is 34.9 Å². The van der Waals surface area contributed by atoms with Gasteiger partial charge >= 0.3 is 0 Å². The smallest absolute Gasteiger partial charge is 0.213 e. The second kappa shape index (κ2) is 8.17. The molecular formula is C20H25ClN4O2S2. The Hall–Kier alpha value is -1.16. The summed E-state index contributed by atoms with van der Waals surface area (Å²) < 4.78 is 5.31. The molecule has 0 bridgehead atoms. The van der Waals surface area contributed by atoms with E-state index in [0.29, 0.717) is 16.1 Å². The molecule has 3 N–H and O–H groups in total. The number of nitrogens with zero attached hydrogens (tertiary/aromatic N) is 3. The zero-order chi connectivity index (χ0) is 20.8. The van der Waals surface area contributed by atoms with Crippen LogP contribution in [0.4, 0.5) is 0 Å². The lowest BCUT2D eigenvalue weighted by molar-refractivity contribution is 0.0773. The molecule has 156 valence electrons. The summed E-state index contributed by atoms with van der Waals surface area (Å²) in [6, 6.07) is 6.30. The lowest BCUT2D eigenvalue weighted by Gasteiger charge is -2.25. The van der Waals surface area contributed by atoms with Gasteiger partial charge in [0.05, 0.1) is 22.5 Å². The fourth-order valence-electron chi connectivity index (χ4n) is 3.50. The molecule has 2 heterocycles. The van der Waals surface area contributed by atoms with Crippen molar-refractivity contribution in [3.8, 4) is 11.3 Å². The molecule has 0 atom stereocenters. The number of aliphatic hydroxyl groups excluding tert-OH is 1. The normalized spacial score (nSPS) is 20.5. The zero-order valence-electron chi connectivity index (χ0n) is 16.6. The SMILES string of the molecule is Cc1nc2sc(C(C)(C)O)nn2c1-c1ccc(Cl)c(SN[C@H]2CC[C@@H](O)CC2)c1. The number of imidazole rings is 1. The molecule has 29 heavy (non-hydrogen) atoms. The Bertz CT molecular complexity index is 1020. The second-order valence-electron chi connectivity index (χ2n) is 8.08. The maximum absolute atomic E-state index is 10.3. The van der Waals surface area contributed by atoms with E-state index >= 15 is 0 Å². The van der Waals surface area contributed by atoms with Crippen LogP contribution in [0.1, 0.15) is 50.2 Å². The number of aliphatic hydroxyl groups is 2. The summed E-state index contributed by atoms with van der Waals surface area (Å²) in [6.07, 6.45) is 3.45. The number of fused-ring (bicyclic) bond motifs is 1. The van der Waals surface area contributed by atoms with Crippen molar-refractivity contribution in [1.82, 2.24) is 19.3 Å². The molecule has 3 aromatic rings. The third-order valence-electron chi connectivity index (χ3n) is 5.14. The number of aromatic nitrogens is 3. The Morgan fingerprint density at radius 1 is 1.28 bits per heavy atom. The molecule has 1 aliphatic carbocycles. The average Bonchev–Trinajstić information content (AvgIpc) is 3.19. The van der Waals surface area contributed by atoms with Crippen molar-refractivity contribution in [2.75, 3.05) is 0 Å². The monoisotopic (exact) mass is 452 g/mol. The van der Waals surface area contributed by atoms with Crippen molar-refractivity contribution in [2.45, 2.75) is 69.1 Å². The maximum Gasteiger partial charge on any atom is 0.213 e. The highest BCUT2D eigenvalue weighted by atomic mass is 35.5. The topological polar surface area (TPSA) is 82.7 Å². The predicted molar refractivity (Wildman–Crippen MR) is 119 cm³/mol. The summed E-state index contributed by atoms with van der Waals surface area (Å²) >= 11 is 9.38. The molecule has 2 aromatic heterocycles. The Morgan fingerprint density at radius 3 is 2.69 bits per heavy atom. The van der Waals surface area contributed by atoms with Gasteiger partial charge in [-0.25, -0.2) is 9.50 Å². The predicted octanol–water partition coefficient (Wildman–Crippen LogP) is 4.55. The summed E-state index contributed by atoms with van der Waals surface area (Å²) in [5.41, 5.74) is 1.77. The van der Waals surface area contributed by atoms with E-state index in [1.54, 1.807) is 18.4 Å². The first kappa shape index (κ1) is 21.1. The van der Waals surface area contributed by atoms with E-state index in [4.69, 9.17) is 11.6 Å². The first-order valence-corrected chi connectivity index (χ1v) is 11.7. The van der Waals surface area contributed by atoms with Crippen LogP contribution in [-0.2, 0) is 5.60 Å². The first-order valence-electron chi connectivity index (χ1n) is 9.72. The van der Waals surface area contributed by atoms with Gasteiger partial charge in [-0.05, 0) is 70.5 Å². The second-order valence-corrected chi connectivity index (χ2v) is 10.3. The molecule has 1 aromatic carbocycles. The summed E-state index contributed by atoms with van der Waals surface area (Å²) in [4.78, 5) is 6.34. The summed E-state index contributed by atoms with van der Waals surface area (Å²) in [6.45, 7) is 5.42. The van der Waals surface area contributed by atoms with Crippen LogP contribution in [0.2, 0.25) is 5.02 Å². The molecule has 0 unspecified atom stereocenters. The van der Waals surface area contributed by atoms with Crippen LogP contribution in [0.25, 0.3) is 16.2 Å². The van der Waals surface area contributed by atoms with E-state index in [-0.39, 0.29) is 6.10 Å². The van der Waals surface area contributed by atoms with Gasteiger partial charge in [0.1, 0.15) is 10.6 Å². The molecule has 0 aliphatic heterocycles. The van der Waals surface area contributed by atoms with Gasteiger partial charge in [0.25, 0.3) is 0 Å². The van der Waals surface area contributed by atoms with Crippen LogP contribution in [0.5, 0.6) is 0 Å². The molecule has 9 heteroatoms. The van der Waals surface area contributed by atoms with Crippen LogP contribution in [0.3, 0.4) is 0 Å². The molecule has 0 amide bonds. The quantitative estimate of drug-likeness (QED) is 0.493. The highest BCUT2D eigenvalue weighted by Crippen LogP contribution is 2.35. The van der Waals surface area contributed by atoms with Crippen molar-refractivity contribution >= 4 is 39.8 Å². The van der Waals surface area contributed by atoms with Gasteiger partial charge in [-0.15, -0.1) is 0 Å². The van der Waals surface area contributed by atoms with Crippen molar-refractivity contribution in [2.24, 2.45) is 0 Å². The van der Waals surface area contributed by atoms with Gasteiger partial charge in [0.15, 0.2) is 0 Å². The van der Waals surface area contributed by atoms with E-state index in [0.717, 1.165) is 52.5 Å². The molecule has 1 saturated carbocycles. The number of hydrogen-bond acceptors (Lipinski definition) is 7. The molecule has 1 aliphatic rings. The minimum Gasteiger partial charge on any atom is -0.393 e. The molecule has 6 nitrogen and oxygen atoms in total. The first-order chi connectivity index (χ1) is 13.7. The van der Waals surface area contributed by atoms with E-state index in [2.05, 4.69) is 20.9 Å². The highest BCUT2D eigenvalue weighted by molar-refractivity contribution is 7.97. The molecule has 1 fully saturated rings. The van der Waals surface area contributed by atoms with Gasteiger partial charge in [-0.1, -0.05) is 29.0 Å². The number of halogens is 1. The number of aryl methyl sites for hydroxylation is 1. The van der Waals surface area contributed by atoms with Gasteiger partial charge in [0, 0.05) is 16.5 Å². The van der Waals surface area contributed by atoms with Crippen LogP contribution in [0, 0.1) is 6.92 Å². The summed E-state index contributed by atoms with van der Waals surface area (Å²) in [5, 5.41) is 25.9. The minimum atomic E-state index is -1.00. The fraction of sp³-hybridized carbons (Fsp3) is 0.500. The van der Waals surface area contributed by atoms with Crippen molar-refractivity contribution in [3.63, 3.8) is 0 Å². The van der Waals surface area contributed by atoms with E-state index in [9.17, 15) is 10.2 Å². The lowest BCUT2D eigenvalue weighted by Crippen LogP contribution is -2.30. The van der Waals surface area contributed by atoms with E-state index < -0.39 is 5.60 Å². The van der Waals surface area contributed by atoms with Crippen molar-refractivity contribution in [3.05, 3.63) is 33.9 Å². The molecule has 4 rings (SSSR count). The summed E-state index contributed by atoms with van der Waals surface area (Å²) in [5.74, 6) is 0. The van der Waals surface area contributed by atoms with Crippen LogP contribution in [-0.4, -0.2) is 37.0 Å². The van der Waals surface area contributed by atoms with Gasteiger partial charge in [-0.2, -0.15) is 5.10 Å². The van der Waals surface area contributed by atoms with Crippen LogP contribution in [0.15, 0.2) is 23.1 Å². The Kier molecular flexibility index (Phi) is 5.94. The number of rotatable bonds is 5. The third kappa shape index (κ3) is 4.47. The average molecular weight is 453 g/mol. The van der Waals surface area contributed by atoms with Gasteiger partial charge in [-0.3, -0.25) is 4.72 Å². The van der Waals surface area contributed by atoms with Crippen molar-refractivity contribution < 1.29 is 10.2 Å². The van der Waals surface area contributed by atoms with Gasteiger partial charge < -0.3 is 10.2 Å². The molecular weight excluding hydrogens is 428 g/mol. The molecule has 0 saturated heterocycles. The number of nitrogens with one attached hydrogen (secondary N) is 1. The summed E-state index contributed by atoms with van der Waals surface area (Å²) in [7, 11) is 0. The highest BCUT2D eigenvalue weighted by Gasteiger charge is 2.25. The number of benzene rings is 1. The minimum absolute atomic E-state index is 0.163. The van der Waals surface area contributed by atoms with Crippen LogP contribution < -0.4 is 4.72 Å². The molecule has 0 radical (unpaired) electrons.